The minimum absolute atomic E-state index is 0.127. The fraction of sp³-hybridized carbons (Fsp3) is 0.800. The number of hydrogen-bond donors (Lipinski definition) is 2. The molecule has 1 heterocycles. The van der Waals surface area contributed by atoms with Gasteiger partial charge in [-0.15, -0.1) is 11.3 Å². The highest BCUT2D eigenvalue weighted by Gasteiger charge is 2.42. The number of aromatic nitrogens is 1. The molecule has 0 amide bonds. The molecule has 0 radical (unpaired) electrons. The number of thiazole rings is 1. The van der Waals surface area contributed by atoms with E-state index in [2.05, 4.69) is 31.1 Å². The van der Waals surface area contributed by atoms with Gasteiger partial charge in [-0.2, -0.15) is 0 Å². The SMILES string of the molecule is Cc1ncsc1CNC1(CO)CC(C)CC(C)(C)C1. The van der Waals surface area contributed by atoms with Crippen LogP contribution in [0.15, 0.2) is 5.51 Å². The number of aryl methyl sites for hydroxylation is 1. The molecule has 2 rings (SSSR count). The van der Waals surface area contributed by atoms with Crippen molar-refractivity contribution < 1.29 is 5.11 Å². The quantitative estimate of drug-likeness (QED) is 0.892. The van der Waals surface area contributed by atoms with Crippen LogP contribution >= 0.6 is 11.3 Å². The van der Waals surface area contributed by atoms with Crippen LogP contribution in [0.4, 0.5) is 0 Å². The zero-order chi connectivity index (χ0) is 14.1. The second-order valence-electron chi connectivity index (χ2n) is 7.01. The maximum Gasteiger partial charge on any atom is 0.0798 e. The molecular weight excluding hydrogens is 256 g/mol. The lowest BCUT2D eigenvalue weighted by Gasteiger charge is -2.47. The third-order valence-corrected chi connectivity index (χ3v) is 5.16. The number of hydrogen-bond acceptors (Lipinski definition) is 4. The van der Waals surface area contributed by atoms with Gasteiger partial charge in [0.15, 0.2) is 0 Å². The van der Waals surface area contributed by atoms with E-state index in [1.165, 1.54) is 11.3 Å². The molecule has 2 unspecified atom stereocenters. The second-order valence-corrected chi connectivity index (χ2v) is 7.95. The van der Waals surface area contributed by atoms with Crippen LogP contribution in [0.25, 0.3) is 0 Å². The molecule has 0 aliphatic heterocycles. The first kappa shape index (κ1) is 14.9. The lowest BCUT2D eigenvalue weighted by atomic mass is 9.64. The second kappa shape index (κ2) is 5.51. The maximum atomic E-state index is 9.91. The summed E-state index contributed by atoms with van der Waals surface area (Å²) in [4.78, 5) is 5.57. The van der Waals surface area contributed by atoms with E-state index in [4.69, 9.17) is 0 Å². The summed E-state index contributed by atoms with van der Waals surface area (Å²) in [6.45, 7) is 10.0. The summed E-state index contributed by atoms with van der Waals surface area (Å²) in [7, 11) is 0. The summed E-state index contributed by atoms with van der Waals surface area (Å²) in [6.07, 6.45) is 3.35. The Morgan fingerprint density at radius 3 is 2.74 bits per heavy atom. The lowest BCUT2D eigenvalue weighted by molar-refractivity contribution is 0.0354. The van der Waals surface area contributed by atoms with Gasteiger partial charge >= 0.3 is 0 Å². The van der Waals surface area contributed by atoms with Crippen LogP contribution in [-0.4, -0.2) is 22.2 Å². The number of nitrogens with zero attached hydrogens (tertiary/aromatic N) is 1. The van der Waals surface area contributed by atoms with Gasteiger partial charge < -0.3 is 10.4 Å². The molecular formula is C15H26N2OS. The summed E-state index contributed by atoms with van der Waals surface area (Å²) in [5, 5.41) is 13.5. The van der Waals surface area contributed by atoms with Crippen molar-refractivity contribution in [3.05, 3.63) is 16.1 Å². The number of aliphatic hydroxyl groups excluding tert-OH is 1. The van der Waals surface area contributed by atoms with Crippen molar-refractivity contribution in [2.75, 3.05) is 6.61 Å². The maximum absolute atomic E-state index is 9.91. The highest BCUT2D eigenvalue weighted by Crippen LogP contribution is 2.43. The van der Waals surface area contributed by atoms with Crippen molar-refractivity contribution in [1.82, 2.24) is 10.3 Å². The first-order chi connectivity index (χ1) is 8.86. The Kier molecular flexibility index (Phi) is 4.33. The van der Waals surface area contributed by atoms with E-state index >= 15 is 0 Å². The fourth-order valence-electron chi connectivity index (χ4n) is 3.82. The van der Waals surface area contributed by atoms with Gasteiger partial charge in [-0.3, -0.25) is 0 Å². The lowest BCUT2D eigenvalue weighted by Crippen LogP contribution is -2.54. The first-order valence-electron chi connectivity index (χ1n) is 7.11. The van der Waals surface area contributed by atoms with Crippen LogP contribution in [0.5, 0.6) is 0 Å². The molecule has 0 aromatic carbocycles. The molecule has 1 aromatic rings. The zero-order valence-electron chi connectivity index (χ0n) is 12.5. The van der Waals surface area contributed by atoms with Crippen molar-refractivity contribution >= 4 is 11.3 Å². The molecule has 1 aliphatic carbocycles. The van der Waals surface area contributed by atoms with Gasteiger partial charge in [0.2, 0.25) is 0 Å². The van der Waals surface area contributed by atoms with Gasteiger partial charge in [0, 0.05) is 17.0 Å². The van der Waals surface area contributed by atoms with E-state index in [1.807, 2.05) is 12.4 Å². The van der Waals surface area contributed by atoms with Crippen LogP contribution < -0.4 is 5.32 Å². The molecule has 108 valence electrons. The van der Waals surface area contributed by atoms with Crippen LogP contribution in [0.3, 0.4) is 0 Å². The number of rotatable bonds is 4. The van der Waals surface area contributed by atoms with Gasteiger partial charge in [0.05, 0.1) is 17.8 Å². The van der Waals surface area contributed by atoms with Crippen molar-refractivity contribution in [3.63, 3.8) is 0 Å². The van der Waals surface area contributed by atoms with Crippen molar-refractivity contribution in [2.24, 2.45) is 11.3 Å². The van der Waals surface area contributed by atoms with Crippen molar-refractivity contribution in [1.29, 1.82) is 0 Å². The van der Waals surface area contributed by atoms with E-state index in [0.717, 1.165) is 25.1 Å². The van der Waals surface area contributed by atoms with Crippen LogP contribution in [0, 0.1) is 18.3 Å². The average Bonchev–Trinajstić information content (AvgIpc) is 2.70. The van der Waals surface area contributed by atoms with Gasteiger partial charge in [0.1, 0.15) is 0 Å². The van der Waals surface area contributed by atoms with Gasteiger partial charge in [-0.05, 0) is 37.5 Å². The fourth-order valence-corrected chi connectivity index (χ4v) is 4.53. The zero-order valence-corrected chi connectivity index (χ0v) is 13.3. The minimum atomic E-state index is -0.127. The third-order valence-electron chi connectivity index (χ3n) is 4.23. The molecule has 0 bridgehead atoms. The topological polar surface area (TPSA) is 45.2 Å². The predicted molar refractivity (Wildman–Crippen MR) is 80.3 cm³/mol. The van der Waals surface area contributed by atoms with E-state index in [-0.39, 0.29) is 12.1 Å². The molecule has 1 aromatic heterocycles. The summed E-state index contributed by atoms with van der Waals surface area (Å²) in [5.74, 6) is 0.658. The standard InChI is InChI=1S/C15H26N2OS/c1-11-5-14(3,4)8-15(6-11,9-18)17-7-13-12(2)16-10-19-13/h10-11,17-18H,5-9H2,1-4H3. The van der Waals surface area contributed by atoms with Crippen LogP contribution in [0.1, 0.15) is 50.6 Å². The van der Waals surface area contributed by atoms with Crippen LogP contribution in [0.2, 0.25) is 0 Å². The summed E-state index contributed by atoms with van der Waals surface area (Å²) in [6, 6.07) is 0. The Labute approximate surface area is 120 Å². The summed E-state index contributed by atoms with van der Waals surface area (Å²) in [5.41, 5.74) is 3.17. The van der Waals surface area contributed by atoms with E-state index in [0.29, 0.717) is 11.3 Å². The van der Waals surface area contributed by atoms with E-state index < -0.39 is 0 Å². The Bertz CT molecular complexity index is 430. The van der Waals surface area contributed by atoms with E-state index in [9.17, 15) is 5.11 Å². The number of nitrogens with one attached hydrogen (secondary N) is 1. The number of aliphatic hydroxyl groups is 1. The molecule has 3 nitrogen and oxygen atoms in total. The molecule has 0 spiro atoms. The molecule has 4 heteroatoms. The average molecular weight is 282 g/mol. The van der Waals surface area contributed by atoms with Gasteiger partial charge in [-0.25, -0.2) is 4.98 Å². The highest BCUT2D eigenvalue weighted by molar-refractivity contribution is 7.09. The highest BCUT2D eigenvalue weighted by atomic mass is 32.1. The Balaban J connectivity index is 2.07. The molecule has 2 atom stereocenters. The van der Waals surface area contributed by atoms with Gasteiger partial charge in [0.25, 0.3) is 0 Å². The molecule has 19 heavy (non-hydrogen) atoms. The molecule has 2 N–H and O–H groups in total. The predicted octanol–water partition coefficient (Wildman–Crippen LogP) is 3.12. The Hall–Kier alpha value is -0.450. The Morgan fingerprint density at radius 1 is 1.47 bits per heavy atom. The monoisotopic (exact) mass is 282 g/mol. The van der Waals surface area contributed by atoms with E-state index in [1.54, 1.807) is 11.3 Å². The van der Waals surface area contributed by atoms with Gasteiger partial charge in [-0.1, -0.05) is 20.8 Å². The molecule has 0 saturated heterocycles. The Morgan fingerprint density at radius 2 is 2.21 bits per heavy atom. The summed E-state index contributed by atoms with van der Waals surface area (Å²) < 4.78 is 0. The van der Waals surface area contributed by atoms with Crippen LogP contribution in [-0.2, 0) is 6.54 Å². The largest absolute Gasteiger partial charge is 0.394 e. The molecule has 1 fully saturated rings. The third kappa shape index (κ3) is 3.56. The summed E-state index contributed by atoms with van der Waals surface area (Å²) >= 11 is 1.69. The van der Waals surface area contributed by atoms with Crippen molar-refractivity contribution in [3.8, 4) is 0 Å². The minimum Gasteiger partial charge on any atom is -0.394 e. The molecule has 1 aliphatic rings. The first-order valence-corrected chi connectivity index (χ1v) is 7.99. The smallest absolute Gasteiger partial charge is 0.0798 e. The normalized spacial score (nSPS) is 30.5. The van der Waals surface area contributed by atoms with Crippen molar-refractivity contribution in [2.45, 2.75) is 59.0 Å². The molecule has 1 saturated carbocycles.